The van der Waals surface area contributed by atoms with Crippen LogP contribution >= 0.6 is 0 Å². The Morgan fingerprint density at radius 1 is 1.50 bits per heavy atom. The standard InChI is InChI=1S/C9H14N2O6S/c1-4-5-11(6-8(12)13)18(15,16)10-9(14)17-7(2)3/h1,7H,5-6H2,2-3H3,(H,10,14)(H,12,13). The second kappa shape index (κ2) is 6.83. The Labute approximate surface area is 105 Å². The molecule has 0 aliphatic heterocycles. The smallest absolute Gasteiger partial charge is 0.422 e. The van der Waals surface area contributed by atoms with E-state index in [1.807, 2.05) is 5.92 Å². The van der Waals surface area contributed by atoms with Gasteiger partial charge in [-0.15, -0.1) is 6.42 Å². The number of aliphatic carboxylic acids is 1. The van der Waals surface area contributed by atoms with E-state index >= 15 is 0 Å². The van der Waals surface area contributed by atoms with Crippen LogP contribution in [0.2, 0.25) is 0 Å². The first-order chi connectivity index (χ1) is 8.19. The number of carbonyl (C=O) groups is 2. The average Bonchev–Trinajstić information content (AvgIpc) is 2.13. The molecule has 0 bridgehead atoms. The molecule has 0 saturated heterocycles. The largest absolute Gasteiger partial charge is 0.480 e. The van der Waals surface area contributed by atoms with E-state index in [4.69, 9.17) is 11.5 Å². The summed E-state index contributed by atoms with van der Waals surface area (Å²) in [5, 5.41) is 8.53. The summed E-state index contributed by atoms with van der Waals surface area (Å²) in [6.07, 6.45) is 3.21. The zero-order chi connectivity index (χ0) is 14.3. The summed E-state index contributed by atoms with van der Waals surface area (Å²) in [5.74, 6) is 0.589. The topological polar surface area (TPSA) is 113 Å². The van der Waals surface area contributed by atoms with Crippen molar-refractivity contribution in [2.24, 2.45) is 0 Å². The Kier molecular flexibility index (Phi) is 6.15. The Bertz CT molecular complexity index is 450. The van der Waals surface area contributed by atoms with Gasteiger partial charge in [-0.3, -0.25) is 4.79 Å². The summed E-state index contributed by atoms with van der Waals surface area (Å²) >= 11 is 0. The highest BCUT2D eigenvalue weighted by Crippen LogP contribution is 1.99. The van der Waals surface area contributed by atoms with Crippen molar-refractivity contribution in [1.29, 1.82) is 0 Å². The van der Waals surface area contributed by atoms with Crippen molar-refractivity contribution in [3.63, 3.8) is 0 Å². The fraction of sp³-hybridized carbons (Fsp3) is 0.556. The molecule has 0 aromatic carbocycles. The molecular formula is C9H14N2O6S. The lowest BCUT2D eigenvalue weighted by Gasteiger charge is -2.18. The molecule has 8 nitrogen and oxygen atoms in total. The van der Waals surface area contributed by atoms with Crippen LogP contribution in [0.15, 0.2) is 0 Å². The van der Waals surface area contributed by atoms with Crippen LogP contribution in [0.5, 0.6) is 0 Å². The molecule has 18 heavy (non-hydrogen) atoms. The van der Waals surface area contributed by atoms with Crippen LogP contribution in [0.25, 0.3) is 0 Å². The molecule has 1 amide bonds. The van der Waals surface area contributed by atoms with E-state index < -0.39 is 41.5 Å². The molecule has 0 aromatic rings. The van der Waals surface area contributed by atoms with Gasteiger partial charge >= 0.3 is 22.3 Å². The minimum absolute atomic E-state index is 0.428. The lowest BCUT2D eigenvalue weighted by molar-refractivity contribution is -0.137. The lowest BCUT2D eigenvalue weighted by atomic mass is 10.5. The van der Waals surface area contributed by atoms with Crippen molar-refractivity contribution >= 4 is 22.3 Å². The molecule has 0 unspecified atom stereocenters. The van der Waals surface area contributed by atoms with Gasteiger partial charge in [-0.25, -0.2) is 9.52 Å². The third-order valence-electron chi connectivity index (χ3n) is 1.47. The molecule has 0 rings (SSSR count). The van der Waals surface area contributed by atoms with Gasteiger partial charge in [-0.05, 0) is 13.8 Å². The van der Waals surface area contributed by atoms with Gasteiger partial charge in [0.15, 0.2) is 0 Å². The van der Waals surface area contributed by atoms with E-state index in [1.54, 1.807) is 4.72 Å². The van der Waals surface area contributed by atoms with Gasteiger partial charge in [0.25, 0.3) is 0 Å². The number of amides is 1. The van der Waals surface area contributed by atoms with Crippen molar-refractivity contribution in [3.8, 4) is 12.3 Å². The second-order valence-corrected chi connectivity index (χ2v) is 5.10. The molecule has 0 atom stereocenters. The van der Waals surface area contributed by atoms with Gasteiger partial charge in [0.05, 0.1) is 12.6 Å². The molecule has 2 N–H and O–H groups in total. The molecular weight excluding hydrogens is 264 g/mol. The van der Waals surface area contributed by atoms with Crippen molar-refractivity contribution in [1.82, 2.24) is 9.03 Å². The van der Waals surface area contributed by atoms with E-state index in [2.05, 4.69) is 4.74 Å². The van der Waals surface area contributed by atoms with Crippen LogP contribution in [0.3, 0.4) is 0 Å². The predicted octanol–water partition coefficient (Wildman–Crippen LogP) is -0.614. The number of terminal acetylenes is 1. The monoisotopic (exact) mass is 278 g/mol. The maximum Gasteiger partial charge on any atom is 0.422 e. The molecule has 0 aromatic heterocycles. The molecule has 0 aliphatic carbocycles. The predicted molar refractivity (Wildman–Crippen MR) is 61.7 cm³/mol. The SMILES string of the molecule is C#CCN(CC(=O)O)S(=O)(=O)NC(=O)OC(C)C. The van der Waals surface area contributed by atoms with Gasteiger partial charge in [0.2, 0.25) is 0 Å². The van der Waals surface area contributed by atoms with Crippen LogP contribution in [0.4, 0.5) is 4.79 Å². The van der Waals surface area contributed by atoms with Crippen LogP contribution < -0.4 is 4.72 Å². The normalized spacial score (nSPS) is 11.1. The van der Waals surface area contributed by atoms with E-state index in [0.717, 1.165) is 0 Å². The molecule has 0 heterocycles. The first kappa shape index (κ1) is 16.2. The van der Waals surface area contributed by atoms with Crippen LogP contribution in [-0.4, -0.2) is 49.1 Å². The summed E-state index contributed by atoms with van der Waals surface area (Å²) < 4.78 is 29.8. The summed E-state index contributed by atoms with van der Waals surface area (Å²) in [6.45, 7) is 1.73. The van der Waals surface area contributed by atoms with E-state index in [-0.39, 0.29) is 0 Å². The highest BCUT2D eigenvalue weighted by molar-refractivity contribution is 7.87. The first-order valence-electron chi connectivity index (χ1n) is 4.82. The molecule has 0 saturated carbocycles. The van der Waals surface area contributed by atoms with Crippen LogP contribution in [-0.2, 0) is 19.7 Å². The summed E-state index contributed by atoms with van der Waals surface area (Å²) in [7, 11) is -4.34. The van der Waals surface area contributed by atoms with Crippen molar-refractivity contribution < 1.29 is 27.9 Å². The van der Waals surface area contributed by atoms with Crippen LogP contribution in [0.1, 0.15) is 13.8 Å². The Morgan fingerprint density at radius 2 is 2.06 bits per heavy atom. The number of hydrogen-bond donors (Lipinski definition) is 2. The number of carbonyl (C=O) groups excluding carboxylic acids is 1. The molecule has 0 fully saturated rings. The number of hydrogen-bond acceptors (Lipinski definition) is 5. The van der Waals surface area contributed by atoms with Crippen molar-refractivity contribution in [2.75, 3.05) is 13.1 Å². The highest BCUT2D eigenvalue weighted by Gasteiger charge is 2.26. The quantitative estimate of drug-likeness (QED) is 0.626. The third kappa shape index (κ3) is 6.07. The van der Waals surface area contributed by atoms with Crippen LogP contribution in [0, 0.1) is 12.3 Å². The number of carboxylic acid groups (broad SMARTS) is 1. The van der Waals surface area contributed by atoms with Crippen molar-refractivity contribution in [2.45, 2.75) is 20.0 Å². The number of ether oxygens (including phenoxy) is 1. The molecule has 9 heteroatoms. The van der Waals surface area contributed by atoms with Gasteiger partial charge in [-0.1, -0.05) is 5.92 Å². The first-order valence-corrected chi connectivity index (χ1v) is 6.26. The summed E-state index contributed by atoms with van der Waals surface area (Å²) in [4.78, 5) is 21.6. The Hall–Kier alpha value is -1.79. The van der Waals surface area contributed by atoms with Gasteiger partial charge in [0, 0.05) is 0 Å². The minimum atomic E-state index is -4.34. The maximum absolute atomic E-state index is 11.6. The fourth-order valence-electron chi connectivity index (χ4n) is 0.887. The Morgan fingerprint density at radius 3 is 2.44 bits per heavy atom. The highest BCUT2D eigenvalue weighted by atomic mass is 32.2. The zero-order valence-electron chi connectivity index (χ0n) is 9.91. The van der Waals surface area contributed by atoms with Gasteiger partial charge in [-0.2, -0.15) is 12.7 Å². The maximum atomic E-state index is 11.6. The third-order valence-corrected chi connectivity index (χ3v) is 2.84. The van der Waals surface area contributed by atoms with E-state index in [9.17, 15) is 18.0 Å². The Balaban J connectivity index is 4.80. The summed E-state index contributed by atoms with van der Waals surface area (Å²) in [6, 6.07) is 0. The van der Waals surface area contributed by atoms with E-state index in [0.29, 0.717) is 4.31 Å². The average molecular weight is 278 g/mol. The molecule has 0 spiro atoms. The number of carboxylic acids is 1. The minimum Gasteiger partial charge on any atom is -0.480 e. The number of rotatable bonds is 6. The number of nitrogens with one attached hydrogen (secondary N) is 1. The number of nitrogens with zero attached hydrogens (tertiary/aromatic N) is 1. The van der Waals surface area contributed by atoms with Gasteiger partial charge in [0.1, 0.15) is 6.54 Å². The molecule has 102 valence electrons. The van der Waals surface area contributed by atoms with Crippen molar-refractivity contribution in [3.05, 3.63) is 0 Å². The molecule has 0 aliphatic rings. The van der Waals surface area contributed by atoms with E-state index in [1.165, 1.54) is 13.8 Å². The lowest BCUT2D eigenvalue weighted by Crippen LogP contribution is -2.46. The summed E-state index contributed by atoms with van der Waals surface area (Å²) in [5.41, 5.74) is 0. The van der Waals surface area contributed by atoms with Gasteiger partial charge < -0.3 is 9.84 Å². The fourth-order valence-corrected chi connectivity index (χ4v) is 1.80. The second-order valence-electron chi connectivity index (χ2n) is 3.43. The molecule has 0 radical (unpaired) electrons. The zero-order valence-corrected chi connectivity index (χ0v) is 10.7.